The van der Waals surface area contributed by atoms with E-state index in [2.05, 4.69) is 10.5 Å². The predicted octanol–water partition coefficient (Wildman–Crippen LogP) is 2.57. The first-order valence-corrected chi connectivity index (χ1v) is 5.74. The predicted molar refractivity (Wildman–Crippen MR) is 63.7 cm³/mol. The molecule has 0 saturated carbocycles. The van der Waals surface area contributed by atoms with Gasteiger partial charge in [0.05, 0.1) is 12.2 Å². The van der Waals surface area contributed by atoms with E-state index in [0.717, 1.165) is 23.4 Å². The second kappa shape index (κ2) is 5.21. The average molecular weight is 240 g/mol. The summed E-state index contributed by atoms with van der Waals surface area (Å²) in [6, 6.07) is 0. The summed E-state index contributed by atoms with van der Waals surface area (Å²) >= 11 is 0. The number of amides is 1. The van der Waals surface area contributed by atoms with Crippen molar-refractivity contribution >= 4 is 6.09 Å². The highest BCUT2D eigenvalue weighted by Gasteiger charge is 2.17. The molecule has 0 spiro atoms. The Morgan fingerprint density at radius 1 is 1.47 bits per heavy atom. The highest BCUT2D eigenvalue weighted by Crippen LogP contribution is 2.14. The molecule has 0 unspecified atom stereocenters. The number of hydrogen-bond donors (Lipinski definition) is 1. The molecule has 0 fully saturated rings. The SMILES string of the molecule is CCc1onc(C)c1CNC(=O)OC(C)(C)C. The van der Waals surface area contributed by atoms with Gasteiger partial charge in [-0.3, -0.25) is 0 Å². The van der Waals surface area contributed by atoms with Gasteiger partial charge in [0.1, 0.15) is 11.4 Å². The molecule has 1 amide bonds. The van der Waals surface area contributed by atoms with Crippen LogP contribution >= 0.6 is 0 Å². The molecule has 0 aliphatic carbocycles. The number of aromatic nitrogens is 1. The molecule has 0 atom stereocenters. The number of nitrogens with zero attached hydrogens (tertiary/aromatic N) is 1. The number of aryl methyl sites for hydroxylation is 2. The van der Waals surface area contributed by atoms with Gasteiger partial charge < -0.3 is 14.6 Å². The monoisotopic (exact) mass is 240 g/mol. The molecule has 0 aliphatic heterocycles. The average Bonchev–Trinajstić information content (AvgIpc) is 2.53. The summed E-state index contributed by atoms with van der Waals surface area (Å²) in [5.74, 6) is 0.804. The molecule has 1 aromatic rings. The lowest BCUT2D eigenvalue weighted by molar-refractivity contribution is 0.0523. The fourth-order valence-electron chi connectivity index (χ4n) is 1.41. The first kappa shape index (κ1) is 13.5. The molecule has 96 valence electrons. The molecule has 5 heteroatoms. The van der Waals surface area contributed by atoms with Crippen LogP contribution in [0.2, 0.25) is 0 Å². The zero-order chi connectivity index (χ0) is 13.1. The van der Waals surface area contributed by atoms with Crippen molar-refractivity contribution in [1.29, 1.82) is 0 Å². The standard InChI is InChI=1S/C12H20N2O3/c1-6-10-9(8(2)14-17-10)7-13-11(15)16-12(3,4)5/h6-7H2,1-5H3,(H,13,15). The number of nitrogens with one attached hydrogen (secondary N) is 1. The second-order valence-corrected chi connectivity index (χ2v) is 4.88. The van der Waals surface area contributed by atoms with Crippen molar-refractivity contribution < 1.29 is 14.1 Å². The zero-order valence-electron chi connectivity index (χ0n) is 11.1. The molecule has 1 heterocycles. The van der Waals surface area contributed by atoms with Gasteiger partial charge in [0.2, 0.25) is 0 Å². The van der Waals surface area contributed by atoms with Crippen LogP contribution in [-0.4, -0.2) is 16.9 Å². The first-order valence-electron chi connectivity index (χ1n) is 5.74. The van der Waals surface area contributed by atoms with Gasteiger partial charge >= 0.3 is 6.09 Å². The van der Waals surface area contributed by atoms with Crippen LogP contribution in [0.25, 0.3) is 0 Å². The lowest BCUT2D eigenvalue weighted by Gasteiger charge is -2.19. The van der Waals surface area contributed by atoms with Crippen molar-refractivity contribution in [1.82, 2.24) is 10.5 Å². The van der Waals surface area contributed by atoms with Gasteiger partial charge in [0, 0.05) is 12.0 Å². The summed E-state index contributed by atoms with van der Waals surface area (Å²) in [7, 11) is 0. The number of alkyl carbamates (subject to hydrolysis) is 1. The summed E-state index contributed by atoms with van der Waals surface area (Å²) in [5.41, 5.74) is 1.25. The molecule has 1 aromatic heterocycles. The maximum absolute atomic E-state index is 11.5. The van der Waals surface area contributed by atoms with Crippen LogP contribution in [0.5, 0.6) is 0 Å². The van der Waals surface area contributed by atoms with E-state index < -0.39 is 11.7 Å². The molecule has 0 radical (unpaired) electrons. The van der Waals surface area contributed by atoms with Crippen molar-refractivity contribution in [3.63, 3.8) is 0 Å². The molecule has 0 bridgehead atoms. The van der Waals surface area contributed by atoms with Crippen LogP contribution < -0.4 is 5.32 Å². The normalized spacial score (nSPS) is 11.4. The van der Waals surface area contributed by atoms with Crippen LogP contribution in [0.1, 0.15) is 44.7 Å². The number of hydrogen-bond acceptors (Lipinski definition) is 4. The van der Waals surface area contributed by atoms with E-state index >= 15 is 0 Å². The Bertz CT molecular complexity index is 391. The summed E-state index contributed by atoms with van der Waals surface area (Å²) in [4.78, 5) is 11.5. The van der Waals surface area contributed by atoms with Crippen LogP contribution in [0, 0.1) is 6.92 Å². The van der Waals surface area contributed by atoms with E-state index in [-0.39, 0.29) is 0 Å². The van der Waals surface area contributed by atoms with Crippen molar-refractivity contribution in [3.05, 3.63) is 17.0 Å². The van der Waals surface area contributed by atoms with Crippen molar-refractivity contribution in [3.8, 4) is 0 Å². The van der Waals surface area contributed by atoms with Crippen molar-refractivity contribution in [2.45, 2.75) is 53.2 Å². The Hall–Kier alpha value is -1.52. The highest BCUT2D eigenvalue weighted by atomic mass is 16.6. The summed E-state index contributed by atoms with van der Waals surface area (Å²) in [6.45, 7) is 9.71. The topological polar surface area (TPSA) is 64.4 Å². The molecule has 17 heavy (non-hydrogen) atoms. The molecule has 0 saturated heterocycles. The maximum atomic E-state index is 11.5. The minimum atomic E-state index is -0.485. The van der Waals surface area contributed by atoms with Crippen molar-refractivity contribution in [2.75, 3.05) is 0 Å². The fraction of sp³-hybridized carbons (Fsp3) is 0.667. The molecule has 5 nitrogen and oxygen atoms in total. The van der Waals surface area contributed by atoms with E-state index in [1.807, 2.05) is 34.6 Å². The Morgan fingerprint density at radius 2 is 2.12 bits per heavy atom. The van der Waals surface area contributed by atoms with Gasteiger partial charge in [0.15, 0.2) is 0 Å². The number of carbonyl (C=O) groups is 1. The van der Waals surface area contributed by atoms with Gasteiger partial charge in [-0.2, -0.15) is 0 Å². The number of carbonyl (C=O) groups excluding carboxylic acids is 1. The second-order valence-electron chi connectivity index (χ2n) is 4.88. The van der Waals surface area contributed by atoms with Gasteiger partial charge in [-0.25, -0.2) is 4.79 Å². The fourth-order valence-corrected chi connectivity index (χ4v) is 1.41. The number of ether oxygens (including phenoxy) is 1. The molecular weight excluding hydrogens is 220 g/mol. The maximum Gasteiger partial charge on any atom is 0.407 e. The Kier molecular flexibility index (Phi) is 4.15. The lowest BCUT2D eigenvalue weighted by atomic mass is 10.1. The Balaban J connectivity index is 2.56. The largest absolute Gasteiger partial charge is 0.444 e. The highest BCUT2D eigenvalue weighted by molar-refractivity contribution is 5.67. The van der Waals surface area contributed by atoms with Gasteiger partial charge in [-0.05, 0) is 27.7 Å². The molecule has 0 aromatic carbocycles. The first-order chi connectivity index (χ1) is 7.83. The minimum absolute atomic E-state index is 0.382. The van der Waals surface area contributed by atoms with Gasteiger partial charge in [-0.15, -0.1) is 0 Å². The molecule has 1 rings (SSSR count). The smallest absolute Gasteiger partial charge is 0.407 e. The van der Waals surface area contributed by atoms with E-state index in [4.69, 9.17) is 9.26 Å². The van der Waals surface area contributed by atoms with E-state index in [1.165, 1.54) is 0 Å². The lowest BCUT2D eigenvalue weighted by Crippen LogP contribution is -2.32. The quantitative estimate of drug-likeness (QED) is 0.881. The third-order valence-electron chi connectivity index (χ3n) is 2.20. The van der Waals surface area contributed by atoms with E-state index in [9.17, 15) is 4.79 Å². The number of rotatable bonds is 3. The molecule has 0 aliphatic rings. The van der Waals surface area contributed by atoms with E-state index in [1.54, 1.807) is 0 Å². The third kappa shape index (κ3) is 4.09. The van der Waals surface area contributed by atoms with E-state index in [0.29, 0.717) is 6.54 Å². The van der Waals surface area contributed by atoms with Crippen LogP contribution in [0.15, 0.2) is 4.52 Å². The van der Waals surface area contributed by atoms with Gasteiger partial charge in [0.25, 0.3) is 0 Å². The Morgan fingerprint density at radius 3 is 2.65 bits per heavy atom. The molecular formula is C12H20N2O3. The van der Waals surface area contributed by atoms with Crippen molar-refractivity contribution in [2.24, 2.45) is 0 Å². The Labute approximate surface area is 102 Å². The van der Waals surface area contributed by atoms with Crippen LogP contribution in [0.3, 0.4) is 0 Å². The minimum Gasteiger partial charge on any atom is -0.444 e. The van der Waals surface area contributed by atoms with Gasteiger partial charge in [-0.1, -0.05) is 12.1 Å². The third-order valence-corrected chi connectivity index (χ3v) is 2.20. The van der Waals surface area contributed by atoms with Crippen LogP contribution in [-0.2, 0) is 17.7 Å². The summed E-state index contributed by atoms with van der Waals surface area (Å²) in [5, 5.41) is 6.57. The molecule has 1 N–H and O–H groups in total. The zero-order valence-corrected chi connectivity index (χ0v) is 11.1. The van der Waals surface area contributed by atoms with Crippen LogP contribution in [0.4, 0.5) is 4.79 Å². The summed E-state index contributed by atoms with van der Waals surface area (Å²) in [6.07, 6.45) is 0.326. The summed E-state index contributed by atoms with van der Waals surface area (Å²) < 4.78 is 10.3.